The van der Waals surface area contributed by atoms with E-state index in [0.29, 0.717) is 6.42 Å². The summed E-state index contributed by atoms with van der Waals surface area (Å²) in [7, 11) is 0. The van der Waals surface area contributed by atoms with E-state index in [9.17, 15) is 15.2 Å². The fraction of sp³-hybridized carbons (Fsp3) is 1.00. The molecule has 0 heterocycles. The zero-order chi connectivity index (χ0) is 12.6. The zero-order valence-corrected chi connectivity index (χ0v) is 9.63. The molecule has 0 aromatic heterocycles. The molecule has 16 heavy (non-hydrogen) atoms. The molecule has 0 rings (SSSR count). The van der Waals surface area contributed by atoms with E-state index in [2.05, 4.69) is 0 Å². The molecular formula is C10H21NO5. The summed E-state index contributed by atoms with van der Waals surface area (Å²) >= 11 is 0. The van der Waals surface area contributed by atoms with Gasteiger partial charge in [0.15, 0.2) is 0 Å². The van der Waals surface area contributed by atoms with E-state index in [-0.39, 0.29) is 6.42 Å². The Hall–Kier alpha value is -0.720. The third-order valence-corrected chi connectivity index (χ3v) is 2.86. The van der Waals surface area contributed by atoms with E-state index in [4.69, 9.17) is 10.2 Å². The average Bonchev–Trinajstić information content (AvgIpc) is 2.26. The Morgan fingerprint density at radius 2 is 1.81 bits per heavy atom. The summed E-state index contributed by atoms with van der Waals surface area (Å²) in [6.07, 6.45) is 2.51. The van der Waals surface area contributed by atoms with Crippen LogP contribution in [-0.4, -0.2) is 45.1 Å². The second-order valence-electron chi connectivity index (χ2n) is 4.04. The summed E-state index contributed by atoms with van der Waals surface area (Å²) in [5.41, 5.74) is -2.02. The molecule has 3 N–H and O–H groups in total. The fourth-order valence-corrected chi connectivity index (χ4v) is 1.53. The normalized spacial score (nSPS) is 13.8. The average molecular weight is 235 g/mol. The lowest BCUT2D eigenvalue weighted by atomic mass is 9.91. The van der Waals surface area contributed by atoms with Gasteiger partial charge < -0.3 is 15.3 Å². The molecule has 1 unspecified atom stereocenters. The largest absolute Gasteiger partial charge is 0.389 e. The Kier molecular flexibility index (Phi) is 7.20. The molecular weight excluding hydrogens is 214 g/mol. The van der Waals surface area contributed by atoms with Crippen molar-refractivity contribution in [1.82, 2.24) is 0 Å². The van der Waals surface area contributed by atoms with E-state index in [0.717, 1.165) is 19.3 Å². The smallest absolute Gasteiger partial charge is 0.292 e. The van der Waals surface area contributed by atoms with Crippen LogP contribution < -0.4 is 0 Å². The molecule has 0 spiro atoms. The Morgan fingerprint density at radius 1 is 1.25 bits per heavy atom. The van der Waals surface area contributed by atoms with Gasteiger partial charge in [0.25, 0.3) is 5.54 Å². The molecule has 0 saturated heterocycles. The SMILES string of the molecule is CCCCCCC(O)C(CO)(CO)[N+](=O)[O-]. The van der Waals surface area contributed by atoms with E-state index >= 15 is 0 Å². The first-order chi connectivity index (χ1) is 7.55. The minimum Gasteiger partial charge on any atom is -0.389 e. The lowest BCUT2D eigenvalue weighted by Crippen LogP contribution is -2.55. The Labute approximate surface area is 95.1 Å². The number of nitrogens with zero attached hydrogens (tertiary/aromatic N) is 1. The first-order valence-electron chi connectivity index (χ1n) is 5.59. The van der Waals surface area contributed by atoms with Gasteiger partial charge >= 0.3 is 0 Å². The lowest BCUT2D eigenvalue weighted by Gasteiger charge is -2.26. The number of unbranched alkanes of at least 4 members (excludes halogenated alkanes) is 3. The molecule has 0 saturated carbocycles. The summed E-state index contributed by atoms with van der Waals surface area (Å²) in [6, 6.07) is 0. The van der Waals surface area contributed by atoms with Crippen LogP contribution >= 0.6 is 0 Å². The van der Waals surface area contributed by atoms with Gasteiger partial charge in [-0.15, -0.1) is 0 Å². The maximum absolute atomic E-state index is 10.7. The zero-order valence-electron chi connectivity index (χ0n) is 9.63. The molecule has 0 fully saturated rings. The Bertz CT molecular complexity index is 205. The topological polar surface area (TPSA) is 104 Å². The molecule has 0 aromatic rings. The van der Waals surface area contributed by atoms with E-state index < -0.39 is 29.8 Å². The lowest BCUT2D eigenvalue weighted by molar-refractivity contribution is -0.590. The van der Waals surface area contributed by atoms with Gasteiger partial charge in [-0.3, -0.25) is 10.1 Å². The van der Waals surface area contributed by atoms with Crippen molar-refractivity contribution >= 4 is 0 Å². The second kappa shape index (κ2) is 7.54. The Balaban J connectivity index is 4.28. The summed E-state index contributed by atoms with van der Waals surface area (Å²) in [5.74, 6) is 0. The van der Waals surface area contributed by atoms with Crippen molar-refractivity contribution in [3.05, 3.63) is 10.1 Å². The van der Waals surface area contributed by atoms with Crippen molar-refractivity contribution < 1.29 is 20.2 Å². The van der Waals surface area contributed by atoms with Crippen molar-refractivity contribution in [3.63, 3.8) is 0 Å². The monoisotopic (exact) mass is 235 g/mol. The predicted molar refractivity (Wildman–Crippen MR) is 58.7 cm³/mol. The third kappa shape index (κ3) is 3.70. The number of aliphatic hydroxyl groups excluding tert-OH is 3. The van der Waals surface area contributed by atoms with Crippen LogP contribution in [0, 0.1) is 10.1 Å². The minimum absolute atomic E-state index is 0.224. The number of hydrogen-bond donors (Lipinski definition) is 3. The highest BCUT2D eigenvalue weighted by atomic mass is 16.6. The van der Waals surface area contributed by atoms with Gasteiger partial charge in [0.2, 0.25) is 0 Å². The van der Waals surface area contributed by atoms with Crippen LogP contribution in [0.25, 0.3) is 0 Å². The molecule has 0 aliphatic carbocycles. The Morgan fingerprint density at radius 3 is 2.19 bits per heavy atom. The molecule has 6 heteroatoms. The number of aliphatic hydroxyl groups is 3. The number of nitro groups is 1. The number of rotatable bonds is 9. The van der Waals surface area contributed by atoms with Gasteiger partial charge in [0, 0.05) is 4.92 Å². The molecule has 0 aliphatic heterocycles. The van der Waals surface area contributed by atoms with Crippen molar-refractivity contribution in [2.45, 2.75) is 50.7 Å². The van der Waals surface area contributed by atoms with Crippen molar-refractivity contribution in [1.29, 1.82) is 0 Å². The molecule has 0 aromatic carbocycles. The van der Waals surface area contributed by atoms with Crippen LogP contribution in [0.15, 0.2) is 0 Å². The van der Waals surface area contributed by atoms with Crippen molar-refractivity contribution in [3.8, 4) is 0 Å². The van der Waals surface area contributed by atoms with Gasteiger partial charge in [-0.2, -0.15) is 0 Å². The molecule has 0 bridgehead atoms. The van der Waals surface area contributed by atoms with E-state index in [1.807, 2.05) is 6.92 Å². The molecule has 6 nitrogen and oxygen atoms in total. The minimum atomic E-state index is -2.02. The van der Waals surface area contributed by atoms with Crippen LogP contribution in [0.5, 0.6) is 0 Å². The standard InChI is InChI=1S/C10H21NO5/c1-2-3-4-5-6-9(14)10(7-12,8-13)11(15)16/h9,12-14H,2-8H2,1H3. The summed E-state index contributed by atoms with van der Waals surface area (Å²) in [5, 5.41) is 38.3. The van der Waals surface area contributed by atoms with Gasteiger partial charge in [-0.05, 0) is 6.42 Å². The maximum atomic E-state index is 10.7. The second-order valence-corrected chi connectivity index (χ2v) is 4.04. The molecule has 0 aliphatic rings. The van der Waals surface area contributed by atoms with Crippen LogP contribution in [0.1, 0.15) is 39.0 Å². The van der Waals surface area contributed by atoms with Crippen LogP contribution in [0.3, 0.4) is 0 Å². The van der Waals surface area contributed by atoms with E-state index in [1.165, 1.54) is 0 Å². The highest BCUT2D eigenvalue weighted by Crippen LogP contribution is 2.19. The highest BCUT2D eigenvalue weighted by Gasteiger charge is 2.48. The number of hydrogen-bond acceptors (Lipinski definition) is 5. The summed E-state index contributed by atoms with van der Waals surface area (Å²) in [4.78, 5) is 9.95. The van der Waals surface area contributed by atoms with E-state index in [1.54, 1.807) is 0 Å². The van der Waals surface area contributed by atoms with Gasteiger partial charge in [0.05, 0.1) is 0 Å². The third-order valence-electron chi connectivity index (χ3n) is 2.86. The van der Waals surface area contributed by atoms with Crippen LogP contribution in [0.2, 0.25) is 0 Å². The first kappa shape index (κ1) is 15.3. The van der Waals surface area contributed by atoms with Crippen LogP contribution in [0.4, 0.5) is 0 Å². The highest BCUT2D eigenvalue weighted by molar-refractivity contribution is 4.86. The first-order valence-corrected chi connectivity index (χ1v) is 5.59. The summed E-state index contributed by atoms with van der Waals surface area (Å²) < 4.78 is 0. The maximum Gasteiger partial charge on any atom is 0.292 e. The van der Waals surface area contributed by atoms with Gasteiger partial charge in [-0.25, -0.2) is 0 Å². The van der Waals surface area contributed by atoms with Crippen LogP contribution in [-0.2, 0) is 0 Å². The predicted octanol–water partition coefficient (Wildman–Crippen LogP) is 0.318. The fourth-order valence-electron chi connectivity index (χ4n) is 1.53. The quantitative estimate of drug-likeness (QED) is 0.303. The molecule has 0 amide bonds. The van der Waals surface area contributed by atoms with Gasteiger partial charge in [-0.1, -0.05) is 32.6 Å². The molecule has 0 radical (unpaired) electrons. The van der Waals surface area contributed by atoms with Crippen molar-refractivity contribution in [2.24, 2.45) is 0 Å². The molecule has 1 atom stereocenters. The molecule has 96 valence electrons. The van der Waals surface area contributed by atoms with Gasteiger partial charge in [0.1, 0.15) is 19.3 Å². The summed E-state index contributed by atoms with van der Waals surface area (Å²) in [6.45, 7) is 0.329. The van der Waals surface area contributed by atoms with Crippen molar-refractivity contribution in [2.75, 3.05) is 13.2 Å².